The van der Waals surface area contributed by atoms with E-state index in [1.165, 1.54) is 16.7 Å². The molecule has 2 rings (SSSR count). The standard InChI is InChI=1S/C16H18ClN/c1-3-18-16(13-7-5-4-6-8-13)15-10-9-14(17)11-12(15)2/h4-11,16,18H,3H2,1-2H3. The van der Waals surface area contributed by atoms with E-state index < -0.39 is 0 Å². The highest BCUT2D eigenvalue weighted by atomic mass is 35.5. The van der Waals surface area contributed by atoms with Gasteiger partial charge >= 0.3 is 0 Å². The molecule has 1 nitrogen and oxygen atoms in total. The molecule has 0 heterocycles. The van der Waals surface area contributed by atoms with Crippen molar-refractivity contribution in [2.24, 2.45) is 0 Å². The molecule has 0 saturated carbocycles. The lowest BCUT2D eigenvalue weighted by Gasteiger charge is -2.21. The van der Waals surface area contributed by atoms with E-state index in [0.717, 1.165) is 11.6 Å². The Bertz CT molecular complexity index is 508. The minimum Gasteiger partial charge on any atom is -0.307 e. The Kier molecular flexibility index (Phi) is 4.40. The van der Waals surface area contributed by atoms with E-state index in [1.807, 2.05) is 18.2 Å². The molecule has 0 amide bonds. The lowest BCUT2D eigenvalue weighted by Crippen LogP contribution is -2.22. The van der Waals surface area contributed by atoms with Crippen molar-refractivity contribution < 1.29 is 0 Å². The van der Waals surface area contributed by atoms with Crippen LogP contribution in [0.3, 0.4) is 0 Å². The van der Waals surface area contributed by atoms with Crippen LogP contribution in [0.4, 0.5) is 0 Å². The van der Waals surface area contributed by atoms with E-state index >= 15 is 0 Å². The molecular weight excluding hydrogens is 242 g/mol. The summed E-state index contributed by atoms with van der Waals surface area (Å²) in [4.78, 5) is 0. The molecule has 94 valence electrons. The van der Waals surface area contributed by atoms with Gasteiger partial charge in [0.1, 0.15) is 0 Å². The van der Waals surface area contributed by atoms with Gasteiger partial charge in [0.15, 0.2) is 0 Å². The second-order valence-corrected chi connectivity index (χ2v) is 4.84. The zero-order valence-electron chi connectivity index (χ0n) is 10.8. The third-order valence-corrected chi connectivity index (χ3v) is 3.32. The average molecular weight is 260 g/mol. The summed E-state index contributed by atoms with van der Waals surface area (Å²) < 4.78 is 0. The highest BCUT2D eigenvalue weighted by molar-refractivity contribution is 6.30. The smallest absolute Gasteiger partial charge is 0.0579 e. The van der Waals surface area contributed by atoms with Crippen molar-refractivity contribution in [3.8, 4) is 0 Å². The fourth-order valence-electron chi connectivity index (χ4n) is 2.22. The predicted octanol–water partition coefficient (Wildman–Crippen LogP) is 4.35. The highest BCUT2D eigenvalue weighted by Gasteiger charge is 2.14. The number of aryl methyl sites for hydroxylation is 1. The minimum absolute atomic E-state index is 0.230. The van der Waals surface area contributed by atoms with Crippen molar-refractivity contribution in [1.82, 2.24) is 5.32 Å². The van der Waals surface area contributed by atoms with Crippen molar-refractivity contribution in [3.05, 3.63) is 70.2 Å². The first kappa shape index (κ1) is 13.1. The topological polar surface area (TPSA) is 12.0 Å². The molecule has 0 fully saturated rings. The first-order valence-electron chi connectivity index (χ1n) is 6.26. The normalized spacial score (nSPS) is 12.4. The van der Waals surface area contributed by atoms with Crippen LogP contribution in [0.25, 0.3) is 0 Å². The molecule has 2 heteroatoms. The maximum Gasteiger partial charge on any atom is 0.0579 e. The fraction of sp³-hybridized carbons (Fsp3) is 0.250. The monoisotopic (exact) mass is 259 g/mol. The number of hydrogen-bond donors (Lipinski definition) is 1. The number of nitrogens with one attached hydrogen (secondary N) is 1. The van der Waals surface area contributed by atoms with E-state index in [-0.39, 0.29) is 6.04 Å². The van der Waals surface area contributed by atoms with Crippen molar-refractivity contribution in [2.75, 3.05) is 6.54 Å². The zero-order valence-corrected chi connectivity index (χ0v) is 11.5. The van der Waals surface area contributed by atoms with Gasteiger partial charge in [-0.3, -0.25) is 0 Å². The van der Waals surface area contributed by atoms with Crippen LogP contribution in [0.5, 0.6) is 0 Å². The van der Waals surface area contributed by atoms with Gasteiger partial charge in [-0.1, -0.05) is 54.9 Å². The van der Waals surface area contributed by atoms with Crippen LogP contribution in [0, 0.1) is 6.92 Å². The van der Waals surface area contributed by atoms with Crippen molar-refractivity contribution in [1.29, 1.82) is 0 Å². The van der Waals surface area contributed by atoms with Crippen molar-refractivity contribution in [3.63, 3.8) is 0 Å². The fourth-order valence-corrected chi connectivity index (χ4v) is 2.45. The quantitative estimate of drug-likeness (QED) is 0.861. The van der Waals surface area contributed by atoms with E-state index in [9.17, 15) is 0 Å². The van der Waals surface area contributed by atoms with E-state index in [4.69, 9.17) is 11.6 Å². The van der Waals surface area contributed by atoms with Crippen LogP contribution in [0.2, 0.25) is 5.02 Å². The second-order valence-electron chi connectivity index (χ2n) is 4.40. The molecule has 0 radical (unpaired) electrons. The molecule has 0 aliphatic carbocycles. The molecule has 0 aliphatic heterocycles. The summed E-state index contributed by atoms with van der Waals surface area (Å²) in [5, 5.41) is 4.32. The van der Waals surface area contributed by atoms with Gasteiger partial charge < -0.3 is 5.32 Å². The van der Waals surface area contributed by atoms with Crippen LogP contribution in [-0.4, -0.2) is 6.54 Å². The van der Waals surface area contributed by atoms with Gasteiger partial charge in [-0.2, -0.15) is 0 Å². The molecule has 2 aromatic rings. The first-order valence-corrected chi connectivity index (χ1v) is 6.64. The molecule has 0 bridgehead atoms. The van der Waals surface area contributed by atoms with Crippen LogP contribution in [-0.2, 0) is 0 Å². The Balaban J connectivity index is 2.41. The third-order valence-electron chi connectivity index (χ3n) is 3.08. The summed E-state index contributed by atoms with van der Waals surface area (Å²) in [6.45, 7) is 5.16. The van der Waals surface area contributed by atoms with Crippen LogP contribution in [0.15, 0.2) is 48.5 Å². The molecule has 0 aliphatic rings. The van der Waals surface area contributed by atoms with Gasteiger partial charge in [0.2, 0.25) is 0 Å². The van der Waals surface area contributed by atoms with Gasteiger partial charge in [0, 0.05) is 5.02 Å². The van der Waals surface area contributed by atoms with Gasteiger partial charge in [0.25, 0.3) is 0 Å². The van der Waals surface area contributed by atoms with Crippen molar-refractivity contribution >= 4 is 11.6 Å². The lowest BCUT2D eigenvalue weighted by atomic mass is 9.95. The Morgan fingerprint density at radius 3 is 2.44 bits per heavy atom. The van der Waals surface area contributed by atoms with Gasteiger partial charge in [-0.15, -0.1) is 0 Å². The van der Waals surface area contributed by atoms with E-state index in [2.05, 4.69) is 49.5 Å². The minimum atomic E-state index is 0.230. The molecule has 0 spiro atoms. The molecule has 1 unspecified atom stereocenters. The van der Waals surface area contributed by atoms with Gasteiger partial charge in [0.05, 0.1) is 6.04 Å². The van der Waals surface area contributed by atoms with Crippen LogP contribution < -0.4 is 5.32 Å². The van der Waals surface area contributed by atoms with Crippen LogP contribution in [0.1, 0.15) is 29.7 Å². The molecule has 0 aromatic heterocycles. The molecule has 1 N–H and O–H groups in total. The van der Waals surface area contributed by atoms with Gasteiger partial charge in [-0.25, -0.2) is 0 Å². The molecule has 18 heavy (non-hydrogen) atoms. The average Bonchev–Trinajstić information content (AvgIpc) is 2.38. The van der Waals surface area contributed by atoms with E-state index in [0.29, 0.717) is 0 Å². The second kappa shape index (κ2) is 6.03. The molecule has 2 aromatic carbocycles. The Morgan fingerprint density at radius 2 is 1.83 bits per heavy atom. The highest BCUT2D eigenvalue weighted by Crippen LogP contribution is 2.26. The maximum absolute atomic E-state index is 6.02. The number of hydrogen-bond acceptors (Lipinski definition) is 1. The Hall–Kier alpha value is -1.31. The number of benzene rings is 2. The lowest BCUT2D eigenvalue weighted by molar-refractivity contribution is 0.628. The maximum atomic E-state index is 6.02. The molecule has 1 atom stereocenters. The molecule has 0 saturated heterocycles. The number of halogens is 1. The predicted molar refractivity (Wildman–Crippen MR) is 78.2 cm³/mol. The Labute approximate surface area is 114 Å². The van der Waals surface area contributed by atoms with Crippen LogP contribution >= 0.6 is 11.6 Å². The van der Waals surface area contributed by atoms with Gasteiger partial charge in [-0.05, 0) is 42.3 Å². The summed E-state index contributed by atoms with van der Waals surface area (Å²) in [6.07, 6.45) is 0. The SMILES string of the molecule is CCNC(c1ccccc1)c1ccc(Cl)cc1C. The summed E-state index contributed by atoms with van der Waals surface area (Å²) in [5.41, 5.74) is 3.79. The zero-order chi connectivity index (χ0) is 13.0. The summed E-state index contributed by atoms with van der Waals surface area (Å²) in [5.74, 6) is 0. The first-order chi connectivity index (χ1) is 8.72. The number of rotatable bonds is 4. The van der Waals surface area contributed by atoms with Crippen molar-refractivity contribution in [2.45, 2.75) is 19.9 Å². The summed E-state index contributed by atoms with van der Waals surface area (Å²) in [6, 6.07) is 16.8. The summed E-state index contributed by atoms with van der Waals surface area (Å²) in [7, 11) is 0. The van der Waals surface area contributed by atoms with E-state index in [1.54, 1.807) is 0 Å². The largest absolute Gasteiger partial charge is 0.307 e. The summed E-state index contributed by atoms with van der Waals surface area (Å²) >= 11 is 6.02. The molecular formula is C16H18ClN. The third kappa shape index (κ3) is 2.92. The Morgan fingerprint density at radius 1 is 1.11 bits per heavy atom.